The lowest BCUT2D eigenvalue weighted by Gasteiger charge is -2.10. The van der Waals surface area contributed by atoms with Crippen molar-refractivity contribution in [1.82, 2.24) is 4.98 Å². The highest BCUT2D eigenvalue weighted by Gasteiger charge is 2.10. The number of nitrogens with zero attached hydrogens (tertiary/aromatic N) is 1. The fraction of sp³-hybridized carbons (Fsp3) is 0.308. The van der Waals surface area contributed by atoms with E-state index in [0.29, 0.717) is 24.1 Å². The van der Waals surface area contributed by atoms with Crippen LogP contribution in [0.3, 0.4) is 0 Å². The van der Waals surface area contributed by atoms with E-state index in [9.17, 15) is 4.39 Å². The molecule has 0 saturated carbocycles. The van der Waals surface area contributed by atoms with E-state index in [0.717, 1.165) is 16.8 Å². The van der Waals surface area contributed by atoms with Gasteiger partial charge in [-0.05, 0) is 37.6 Å². The van der Waals surface area contributed by atoms with Gasteiger partial charge in [0, 0.05) is 17.1 Å². The van der Waals surface area contributed by atoms with Crippen LogP contribution in [0.15, 0.2) is 18.2 Å². The van der Waals surface area contributed by atoms with Gasteiger partial charge in [-0.1, -0.05) is 0 Å². The molecule has 2 N–H and O–H groups in total. The van der Waals surface area contributed by atoms with Crippen LogP contribution in [-0.2, 0) is 6.42 Å². The van der Waals surface area contributed by atoms with E-state index in [1.165, 1.54) is 12.1 Å². The van der Waals surface area contributed by atoms with Crippen molar-refractivity contribution < 1.29 is 9.13 Å². The molecule has 0 spiro atoms. The summed E-state index contributed by atoms with van der Waals surface area (Å²) in [6, 6.07) is 4.73. The summed E-state index contributed by atoms with van der Waals surface area (Å²) < 4.78 is 18.8. The molecule has 0 bridgehead atoms. The van der Waals surface area contributed by atoms with Crippen LogP contribution in [0.2, 0.25) is 0 Å². The first kappa shape index (κ1) is 11.8. The molecule has 1 aromatic heterocycles. The number of aryl methyl sites for hydroxylation is 1. The molecule has 2 aromatic rings. The summed E-state index contributed by atoms with van der Waals surface area (Å²) in [5.74, 6) is 0.357. The summed E-state index contributed by atoms with van der Waals surface area (Å²) >= 11 is 0. The number of pyridine rings is 1. The number of ether oxygens (including phenoxy) is 1. The second-order valence-electron chi connectivity index (χ2n) is 3.97. The van der Waals surface area contributed by atoms with Crippen LogP contribution >= 0.6 is 0 Å². The van der Waals surface area contributed by atoms with Gasteiger partial charge >= 0.3 is 0 Å². The van der Waals surface area contributed by atoms with E-state index in [2.05, 4.69) is 4.98 Å². The Hall–Kier alpha value is -1.68. The first-order valence-electron chi connectivity index (χ1n) is 5.49. The Bertz CT molecular complexity index is 555. The molecule has 0 fully saturated rings. The Morgan fingerprint density at radius 3 is 2.76 bits per heavy atom. The third kappa shape index (κ3) is 2.22. The maximum absolute atomic E-state index is 13.5. The number of aromatic nitrogens is 1. The lowest BCUT2D eigenvalue weighted by atomic mass is 10.1. The lowest BCUT2D eigenvalue weighted by molar-refractivity contribution is 0.419. The molecule has 3 nitrogen and oxygen atoms in total. The minimum Gasteiger partial charge on any atom is -0.496 e. The number of hydrogen-bond donors (Lipinski definition) is 1. The van der Waals surface area contributed by atoms with Gasteiger partial charge in [0.15, 0.2) is 0 Å². The van der Waals surface area contributed by atoms with E-state index in [1.807, 2.05) is 6.92 Å². The molecule has 0 atom stereocenters. The summed E-state index contributed by atoms with van der Waals surface area (Å²) in [4.78, 5) is 4.44. The molecular weight excluding hydrogens is 219 g/mol. The van der Waals surface area contributed by atoms with E-state index in [-0.39, 0.29) is 5.82 Å². The number of rotatable bonds is 3. The minimum atomic E-state index is -0.287. The fourth-order valence-electron chi connectivity index (χ4n) is 1.97. The Balaban J connectivity index is 2.78. The topological polar surface area (TPSA) is 48.1 Å². The first-order valence-corrected chi connectivity index (χ1v) is 5.49. The zero-order valence-electron chi connectivity index (χ0n) is 9.96. The smallest absolute Gasteiger partial charge is 0.130 e. The normalized spacial score (nSPS) is 10.8. The van der Waals surface area contributed by atoms with Crippen LogP contribution in [0.1, 0.15) is 11.3 Å². The molecule has 4 heteroatoms. The molecule has 17 heavy (non-hydrogen) atoms. The molecule has 90 valence electrons. The predicted octanol–water partition coefficient (Wildman–Crippen LogP) is 2.19. The average molecular weight is 234 g/mol. The molecule has 0 aliphatic carbocycles. The second-order valence-corrected chi connectivity index (χ2v) is 3.97. The summed E-state index contributed by atoms with van der Waals surface area (Å²) in [7, 11) is 1.57. The third-order valence-electron chi connectivity index (χ3n) is 2.68. The van der Waals surface area contributed by atoms with Crippen LogP contribution in [0, 0.1) is 12.7 Å². The quantitative estimate of drug-likeness (QED) is 0.885. The molecule has 2 rings (SSSR count). The number of fused-ring (bicyclic) bond motifs is 1. The number of nitrogens with two attached hydrogens (primary N) is 1. The highest BCUT2D eigenvalue weighted by atomic mass is 19.1. The van der Waals surface area contributed by atoms with Gasteiger partial charge in [-0.15, -0.1) is 0 Å². The van der Waals surface area contributed by atoms with Crippen molar-refractivity contribution >= 4 is 10.9 Å². The summed E-state index contributed by atoms with van der Waals surface area (Å²) in [5.41, 5.74) is 7.97. The van der Waals surface area contributed by atoms with Crippen molar-refractivity contribution in [1.29, 1.82) is 0 Å². The Labute approximate surface area is 99.4 Å². The maximum atomic E-state index is 13.5. The Morgan fingerprint density at radius 1 is 1.35 bits per heavy atom. The number of benzene rings is 1. The van der Waals surface area contributed by atoms with Crippen molar-refractivity contribution in [2.24, 2.45) is 5.73 Å². The molecule has 0 amide bonds. The van der Waals surface area contributed by atoms with Crippen LogP contribution < -0.4 is 10.5 Å². The molecule has 0 aliphatic rings. The van der Waals surface area contributed by atoms with Gasteiger partial charge in [0.25, 0.3) is 0 Å². The molecule has 1 aromatic carbocycles. The van der Waals surface area contributed by atoms with Crippen LogP contribution in [0.5, 0.6) is 5.75 Å². The SMILES string of the molecule is COc1cc(C)nc2c(CCN)cc(F)cc12. The third-order valence-corrected chi connectivity index (χ3v) is 2.68. The Kier molecular flexibility index (Phi) is 3.24. The molecule has 0 unspecified atom stereocenters. The zero-order chi connectivity index (χ0) is 12.4. The Morgan fingerprint density at radius 2 is 2.12 bits per heavy atom. The predicted molar refractivity (Wildman–Crippen MR) is 65.7 cm³/mol. The fourth-order valence-corrected chi connectivity index (χ4v) is 1.97. The summed E-state index contributed by atoms with van der Waals surface area (Å²) in [6.45, 7) is 2.36. The van der Waals surface area contributed by atoms with Gasteiger partial charge < -0.3 is 10.5 Å². The van der Waals surface area contributed by atoms with Crippen molar-refractivity contribution in [3.8, 4) is 5.75 Å². The lowest BCUT2D eigenvalue weighted by Crippen LogP contribution is -2.05. The average Bonchev–Trinajstić information content (AvgIpc) is 2.29. The van der Waals surface area contributed by atoms with E-state index in [4.69, 9.17) is 10.5 Å². The molecule has 1 heterocycles. The minimum absolute atomic E-state index is 0.287. The standard InChI is InChI=1S/C13H15FN2O/c1-8-5-12(17-2)11-7-10(14)6-9(3-4-15)13(11)16-8/h5-7H,3-4,15H2,1-2H3. The maximum Gasteiger partial charge on any atom is 0.130 e. The van der Waals surface area contributed by atoms with Crippen LogP contribution in [0.25, 0.3) is 10.9 Å². The molecule has 0 radical (unpaired) electrons. The number of hydrogen-bond acceptors (Lipinski definition) is 3. The zero-order valence-corrected chi connectivity index (χ0v) is 9.96. The van der Waals surface area contributed by atoms with Crippen molar-refractivity contribution in [2.45, 2.75) is 13.3 Å². The van der Waals surface area contributed by atoms with Crippen LogP contribution in [0.4, 0.5) is 4.39 Å². The van der Waals surface area contributed by atoms with E-state index >= 15 is 0 Å². The van der Waals surface area contributed by atoms with Gasteiger partial charge in [-0.3, -0.25) is 4.98 Å². The van der Waals surface area contributed by atoms with E-state index < -0.39 is 0 Å². The van der Waals surface area contributed by atoms with Gasteiger partial charge in [0.2, 0.25) is 0 Å². The van der Waals surface area contributed by atoms with Gasteiger partial charge in [-0.2, -0.15) is 0 Å². The van der Waals surface area contributed by atoms with E-state index in [1.54, 1.807) is 13.2 Å². The summed E-state index contributed by atoms with van der Waals surface area (Å²) in [5, 5.41) is 0.696. The molecule has 0 saturated heterocycles. The monoisotopic (exact) mass is 234 g/mol. The van der Waals surface area contributed by atoms with Crippen molar-refractivity contribution in [3.05, 3.63) is 35.3 Å². The van der Waals surface area contributed by atoms with Crippen molar-refractivity contribution in [3.63, 3.8) is 0 Å². The summed E-state index contributed by atoms with van der Waals surface area (Å²) in [6.07, 6.45) is 0.605. The van der Waals surface area contributed by atoms with Crippen LogP contribution in [-0.4, -0.2) is 18.6 Å². The van der Waals surface area contributed by atoms with Gasteiger partial charge in [0.1, 0.15) is 11.6 Å². The largest absolute Gasteiger partial charge is 0.496 e. The first-order chi connectivity index (χ1) is 8.15. The number of methoxy groups -OCH3 is 1. The molecule has 0 aliphatic heterocycles. The van der Waals surface area contributed by atoms with Gasteiger partial charge in [0.05, 0.1) is 12.6 Å². The van der Waals surface area contributed by atoms with Gasteiger partial charge in [-0.25, -0.2) is 4.39 Å². The highest BCUT2D eigenvalue weighted by Crippen LogP contribution is 2.28. The van der Waals surface area contributed by atoms with Crippen molar-refractivity contribution in [2.75, 3.05) is 13.7 Å². The molecular formula is C13H15FN2O. The second kappa shape index (κ2) is 4.67. The highest BCUT2D eigenvalue weighted by molar-refractivity contribution is 5.88. The number of halogens is 1.